The van der Waals surface area contributed by atoms with Crippen LogP contribution in [0.2, 0.25) is 0 Å². The molecule has 2 aromatic heterocycles. The van der Waals surface area contributed by atoms with Crippen LogP contribution in [0, 0.1) is 6.92 Å². The van der Waals surface area contributed by atoms with E-state index in [4.69, 9.17) is 5.73 Å². The molecule has 2 aromatic rings. The topological polar surface area (TPSA) is 127 Å². The number of carbonyl (C=O) groups is 2. The third-order valence-corrected chi connectivity index (χ3v) is 3.85. The van der Waals surface area contributed by atoms with Gasteiger partial charge in [-0.15, -0.1) is 5.10 Å². The van der Waals surface area contributed by atoms with Crippen LogP contribution in [-0.2, 0) is 17.9 Å². The molecule has 1 amide bonds. The summed E-state index contributed by atoms with van der Waals surface area (Å²) >= 11 is 0.970. The summed E-state index contributed by atoms with van der Waals surface area (Å²) in [4.78, 5) is 24.7. The van der Waals surface area contributed by atoms with Gasteiger partial charge in [-0.05, 0) is 18.5 Å². The average Bonchev–Trinajstić information content (AvgIpc) is 3.04. The predicted octanol–water partition coefficient (Wildman–Crippen LogP) is -0.137. The summed E-state index contributed by atoms with van der Waals surface area (Å²) < 4.78 is 5.34. The molecule has 0 atom stereocenters. The number of carboxylic acid groups (broad SMARTS) is 1. The van der Waals surface area contributed by atoms with E-state index in [1.165, 1.54) is 16.6 Å². The highest BCUT2D eigenvalue weighted by atomic mass is 32.1. The molecule has 21 heavy (non-hydrogen) atoms. The summed E-state index contributed by atoms with van der Waals surface area (Å²) in [6, 6.07) is 0. The second kappa shape index (κ2) is 5.97. The van der Waals surface area contributed by atoms with Gasteiger partial charge in [-0.2, -0.15) is 4.37 Å². The number of hydrogen-bond acceptors (Lipinski definition) is 7. The van der Waals surface area contributed by atoms with E-state index in [0.717, 1.165) is 11.5 Å². The predicted molar refractivity (Wildman–Crippen MR) is 75.1 cm³/mol. The number of nitrogens with two attached hydrogens (primary N) is 1. The van der Waals surface area contributed by atoms with Gasteiger partial charge in [-0.25, -0.2) is 9.48 Å². The first-order valence-electron chi connectivity index (χ1n) is 5.99. The molecule has 0 saturated carbocycles. The zero-order valence-electron chi connectivity index (χ0n) is 11.5. The van der Waals surface area contributed by atoms with Crippen molar-refractivity contribution in [3.8, 4) is 0 Å². The molecule has 0 saturated heterocycles. The zero-order chi connectivity index (χ0) is 15.6. The zero-order valence-corrected chi connectivity index (χ0v) is 12.3. The summed E-state index contributed by atoms with van der Waals surface area (Å²) in [5, 5.41) is 17.0. The standard InChI is InChI=1S/C11H14N6O3S/c1-6-9(11(19)20)10(21-14-6)16(2)8(18)5-17-4-7(3-12)13-15-17/h4H,3,5,12H2,1-2H3,(H,19,20). The SMILES string of the molecule is Cc1nsc(N(C)C(=O)Cn2cc(CN)nn2)c1C(=O)O. The number of likely N-dealkylation sites (N-methyl/N-ethyl adjacent to an activating group) is 1. The molecule has 112 valence electrons. The lowest BCUT2D eigenvalue weighted by atomic mass is 10.2. The Bertz CT molecular complexity index is 679. The second-order valence-corrected chi connectivity index (χ2v) is 5.07. The van der Waals surface area contributed by atoms with E-state index in [9.17, 15) is 14.7 Å². The number of aryl methyl sites for hydroxylation is 1. The maximum absolute atomic E-state index is 12.2. The highest BCUT2D eigenvalue weighted by Gasteiger charge is 2.24. The Labute approximate surface area is 124 Å². The molecule has 10 heteroatoms. The van der Waals surface area contributed by atoms with Gasteiger partial charge in [0.15, 0.2) is 0 Å². The van der Waals surface area contributed by atoms with Crippen molar-refractivity contribution in [2.24, 2.45) is 5.73 Å². The van der Waals surface area contributed by atoms with Crippen molar-refractivity contribution in [1.82, 2.24) is 19.4 Å². The highest BCUT2D eigenvalue weighted by molar-refractivity contribution is 7.11. The van der Waals surface area contributed by atoms with E-state index < -0.39 is 5.97 Å². The van der Waals surface area contributed by atoms with Crippen molar-refractivity contribution >= 4 is 28.4 Å². The molecule has 0 spiro atoms. The van der Waals surface area contributed by atoms with Crippen molar-refractivity contribution in [3.05, 3.63) is 23.1 Å². The van der Waals surface area contributed by atoms with Gasteiger partial charge in [0.05, 0.1) is 17.6 Å². The van der Waals surface area contributed by atoms with Gasteiger partial charge in [0.1, 0.15) is 17.1 Å². The van der Waals surface area contributed by atoms with Crippen molar-refractivity contribution in [2.75, 3.05) is 11.9 Å². The van der Waals surface area contributed by atoms with Crippen LogP contribution in [0.3, 0.4) is 0 Å². The fraction of sp³-hybridized carbons (Fsp3) is 0.364. The third kappa shape index (κ3) is 3.06. The molecule has 2 heterocycles. The molecular formula is C11H14N6O3S. The maximum atomic E-state index is 12.2. The molecule has 0 aliphatic heterocycles. The smallest absolute Gasteiger partial charge is 0.340 e. The van der Waals surface area contributed by atoms with Crippen LogP contribution in [0.25, 0.3) is 0 Å². The quantitative estimate of drug-likeness (QED) is 0.787. The molecule has 0 radical (unpaired) electrons. The first-order chi connectivity index (χ1) is 9.93. The van der Waals surface area contributed by atoms with Crippen molar-refractivity contribution in [1.29, 1.82) is 0 Å². The molecule has 0 unspecified atom stereocenters. The van der Waals surface area contributed by atoms with Gasteiger partial charge in [-0.1, -0.05) is 5.21 Å². The minimum atomic E-state index is -1.11. The summed E-state index contributed by atoms with van der Waals surface area (Å²) in [6.45, 7) is 1.77. The molecule has 0 aromatic carbocycles. The van der Waals surface area contributed by atoms with Crippen LogP contribution < -0.4 is 10.6 Å². The number of nitrogens with zero attached hydrogens (tertiary/aromatic N) is 5. The van der Waals surface area contributed by atoms with E-state index >= 15 is 0 Å². The lowest BCUT2D eigenvalue weighted by Crippen LogP contribution is -2.30. The Morgan fingerprint density at radius 3 is 2.81 bits per heavy atom. The summed E-state index contributed by atoms with van der Waals surface area (Å²) in [5.41, 5.74) is 6.41. The Hall–Kier alpha value is -2.33. The van der Waals surface area contributed by atoms with Crippen molar-refractivity contribution < 1.29 is 14.7 Å². The maximum Gasteiger partial charge on any atom is 0.340 e. The number of rotatable bonds is 5. The van der Waals surface area contributed by atoms with E-state index in [1.807, 2.05) is 0 Å². The highest BCUT2D eigenvalue weighted by Crippen LogP contribution is 2.27. The molecule has 0 aliphatic carbocycles. The lowest BCUT2D eigenvalue weighted by Gasteiger charge is -2.15. The van der Waals surface area contributed by atoms with E-state index in [-0.39, 0.29) is 24.6 Å². The molecule has 9 nitrogen and oxygen atoms in total. The summed E-state index contributed by atoms with van der Waals surface area (Å²) in [5.74, 6) is -1.43. The molecular weight excluding hydrogens is 296 g/mol. The molecule has 3 N–H and O–H groups in total. The van der Waals surface area contributed by atoms with E-state index in [0.29, 0.717) is 16.4 Å². The van der Waals surface area contributed by atoms with Crippen molar-refractivity contribution in [2.45, 2.75) is 20.0 Å². The van der Waals surface area contributed by atoms with Gasteiger partial charge in [-0.3, -0.25) is 4.79 Å². The largest absolute Gasteiger partial charge is 0.478 e. The normalized spacial score (nSPS) is 10.6. The van der Waals surface area contributed by atoms with Crippen LogP contribution in [0.4, 0.5) is 5.00 Å². The van der Waals surface area contributed by atoms with Crippen LogP contribution >= 0.6 is 11.5 Å². The lowest BCUT2D eigenvalue weighted by molar-refractivity contribution is -0.119. The van der Waals surface area contributed by atoms with Gasteiger partial charge < -0.3 is 15.7 Å². The minimum absolute atomic E-state index is 0.0390. The third-order valence-electron chi connectivity index (χ3n) is 2.83. The fourth-order valence-electron chi connectivity index (χ4n) is 1.70. The van der Waals surface area contributed by atoms with E-state index in [2.05, 4.69) is 14.7 Å². The summed E-state index contributed by atoms with van der Waals surface area (Å²) in [7, 11) is 1.50. The molecule has 0 fully saturated rings. The van der Waals surface area contributed by atoms with Crippen LogP contribution in [0.5, 0.6) is 0 Å². The Kier molecular flexibility index (Phi) is 4.29. The number of hydrogen-bond donors (Lipinski definition) is 2. The number of amides is 1. The monoisotopic (exact) mass is 310 g/mol. The number of carbonyl (C=O) groups excluding carboxylic acids is 1. The number of anilines is 1. The van der Waals surface area contributed by atoms with Crippen LogP contribution in [0.15, 0.2) is 6.20 Å². The molecule has 0 bridgehead atoms. The molecule has 0 aliphatic rings. The first kappa shape index (κ1) is 15.1. The van der Waals surface area contributed by atoms with E-state index in [1.54, 1.807) is 13.1 Å². The molecule has 2 rings (SSSR count). The first-order valence-corrected chi connectivity index (χ1v) is 6.76. The summed E-state index contributed by atoms with van der Waals surface area (Å²) in [6.07, 6.45) is 1.57. The van der Waals surface area contributed by atoms with Gasteiger partial charge in [0, 0.05) is 13.6 Å². The Morgan fingerprint density at radius 2 is 2.24 bits per heavy atom. The van der Waals surface area contributed by atoms with Gasteiger partial charge in [0.2, 0.25) is 5.91 Å². The Balaban J connectivity index is 2.17. The van der Waals surface area contributed by atoms with Gasteiger partial charge >= 0.3 is 5.97 Å². The minimum Gasteiger partial charge on any atom is -0.478 e. The number of aromatic carboxylic acids is 1. The second-order valence-electron chi connectivity index (χ2n) is 4.32. The number of carboxylic acids is 1. The van der Waals surface area contributed by atoms with Crippen LogP contribution in [-0.4, -0.2) is 43.4 Å². The van der Waals surface area contributed by atoms with Crippen LogP contribution in [0.1, 0.15) is 21.7 Å². The Morgan fingerprint density at radius 1 is 1.52 bits per heavy atom. The fourth-order valence-corrected chi connectivity index (χ4v) is 2.57. The number of aromatic nitrogens is 4. The van der Waals surface area contributed by atoms with Crippen molar-refractivity contribution in [3.63, 3.8) is 0 Å². The average molecular weight is 310 g/mol. The van der Waals surface area contributed by atoms with Gasteiger partial charge in [0.25, 0.3) is 0 Å².